The van der Waals surface area contributed by atoms with Crippen LogP contribution < -0.4 is 10.9 Å². The minimum Gasteiger partial charge on any atom is -0.381 e. The number of alkyl halides is 3. The van der Waals surface area contributed by atoms with E-state index in [9.17, 15) is 18.0 Å². The van der Waals surface area contributed by atoms with Crippen LogP contribution in [0.1, 0.15) is 26.3 Å². The van der Waals surface area contributed by atoms with Gasteiger partial charge in [-0.2, -0.15) is 23.0 Å². The lowest BCUT2D eigenvalue weighted by molar-refractivity contribution is -0.137. The lowest BCUT2D eigenvalue weighted by Gasteiger charge is -2.26. The first-order chi connectivity index (χ1) is 12.7. The first kappa shape index (κ1) is 21.2. The predicted molar refractivity (Wildman–Crippen MR) is 98.5 cm³/mol. The summed E-state index contributed by atoms with van der Waals surface area (Å²) in [5.41, 5.74) is -1.21. The Morgan fingerprint density at radius 2 is 1.93 bits per heavy atom. The molecule has 2 aromatic heterocycles. The Bertz CT molecular complexity index is 819. The molecule has 0 spiro atoms. The van der Waals surface area contributed by atoms with Gasteiger partial charge in [-0.15, -0.1) is 0 Å². The van der Waals surface area contributed by atoms with Gasteiger partial charge < -0.3 is 5.32 Å². The Hall–Kier alpha value is -2.13. The summed E-state index contributed by atoms with van der Waals surface area (Å²) in [4.78, 5) is 18.3. The molecule has 2 heterocycles. The van der Waals surface area contributed by atoms with Crippen LogP contribution in [0.3, 0.4) is 0 Å². The highest BCUT2D eigenvalue weighted by molar-refractivity contribution is 6.32. The predicted octanol–water partition coefficient (Wildman–Crippen LogP) is 3.44. The van der Waals surface area contributed by atoms with Gasteiger partial charge in [0, 0.05) is 18.8 Å². The summed E-state index contributed by atoms with van der Waals surface area (Å²) in [6.07, 6.45) is -2.50. The van der Waals surface area contributed by atoms with Gasteiger partial charge in [0.25, 0.3) is 5.56 Å². The lowest BCUT2D eigenvalue weighted by Crippen LogP contribution is -2.37. The number of hydrogen-bond acceptors (Lipinski definition) is 5. The van der Waals surface area contributed by atoms with E-state index in [1.165, 1.54) is 6.20 Å². The van der Waals surface area contributed by atoms with E-state index in [4.69, 9.17) is 11.6 Å². The third-order valence-electron chi connectivity index (χ3n) is 4.23. The van der Waals surface area contributed by atoms with Gasteiger partial charge >= 0.3 is 6.18 Å². The highest BCUT2D eigenvalue weighted by Crippen LogP contribution is 2.28. The van der Waals surface area contributed by atoms with Gasteiger partial charge in [0.1, 0.15) is 5.02 Å². The first-order valence-corrected chi connectivity index (χ1v) is 8.86. The SMILES string of the molecule is CCN(CC)C(C)CNc1cnn(-c2ccc(C(F)(F)F)cn2)c(=O)c1Cl. The molecule has 1 unspecified atom stereocenters. The fourth-order valence-corrected chi connectivity index (χ4v) is 2.83. The summed E-state index contributed by atoms with van der Waals surface area (Å²) in [6, 6.07) is 2.13. The monoisotopic (exact) mass is 403 g/mol. The number of halogens is 4. The van der Waals surface area contributed by atoms with Crippen LogP contribution in [-0.4, -0.2) is 45.3 Å². The number of likely N-dealkylation sites (N-methyl/N-ethyl adjacent to an activating group) is 1. The fraction of sp³-hybridized carbons (Fsp3) is 0.471. The third-order valence-corrected chi connectivity index (χ3v) is 4.60. The van der Waals surface area contributed by atoms with Crippen LogP contribution in [0.25, 0.3) is 5.82 Å². The molecule has 2 rings (SSSR count). The zero-order valence-electron chi connectivity index (χ0n) is 15.2. The molecule has 0 aliphatic heterocycles. The average molecular weight is 404 g/mol. The van der Waals surface area contributed by atoms with Crippen molar-refractivity contribution in [1.29, 1.82) is 0 Å². The number of pyridine rings is 1. The molecule has 0 aliphatic carbocycles. The van der Waals surface area contributed by atoms with Crippen molar-refractivity contribution in [2.24, 2.45) is 0 Å². The lowest BCUT2D eigenvalue weighted by atomic mass is 10.2. The second-order valence-electron chi connectivity index (χ2n) is 5.94. The van der Waals surface area contributed by atoms with Crippen molar-refractivity contribution in [1.82, 2.24) is 19.7 Å². The quantitative estimate of drug-likeness (QED) is 0.767. The van der Waals surface area contributed by atoms with Crippen LogP contribution in [0.5, 0.6) is 0 Å². The first-order valence-electron chi connectivity index (χ1n) is 8.48. The molecule has 0 aromatic carbocycles. The molecule has 2 aromatic rings. The minimum absolute atomic E-state index is 0.0436. The zero-order chi connectivity index (χ0) is 20.2. The van der Waals surface area contributed by atoms with Gasteiger partial charge in [-0.25, -0.2) is 4.98 Å². The number of rotatable bonds is 7. The van der Waals surface area contributed by atoms with E-state index in [2.05, 4.69) is 41.1 Å². The Labute approximate surface area is 160 Å². The number of anilines is 1. The Morgan fingerprint density at radius 3 is 2.44 bits per heavy atom. The molecule has 0 saturated heterocycles. The molecule has 1 atom stereocenters. The van der Waals surface area contributed by atoms with E-state index >= 15 is 0 Å². The van der Waals surface area contributed by atoms with Crippen molar-refractivity contribution in [2.75, 3.05) is 25.0 Å². The Balaban J connectivity index is 2.21. The second-order valence-corrected chi connectivity index (χ2v) is 6.32. The molecule has 0 bridgehead atoms. The van der Waals surface area contributed by atoms with Gasteiger partial charge in [0.2, 0.25) is 0 Å². The van der Waals surface area contributed by atoms with E-state index < -0.39 is 17.3 Å². The minimum atomic E-state index is -4.50. The van der Waals surface area contributed by atoms with Crippen molar-refractivity contribution in [3.8, 4) is 5.82 Å². The van der Waals surface area contributed by atoms with Crippen LogP contribution >= 0.6 is 11.6 Å². The molecule has 148 valence electrons. The van der Waals surface area contributed by atoms with Crippen molar-refractivity contribution < 1.29 is 13.2 Å². The van der Waals surface area contributed by atoms with Crippen LogP contribution in [0.4, 0.5) is 18.9 Å². The van der Waals surface area contributed by atoms with E-state index in [0.29, 0.717) is 18.4 Å². The second kappa shape index (κ2) is 8.71. The van der Waals surface area contributed by atoms with Gasteiger partial charge in [0.05, 0.1) is 17.4 Å². The maximum atomic E-state index is 12.6. The smallest absolute Gasteiger partial charge is 0.381 e. The highest BCUT2D eigenvalue weighted by atomic mass is 35.5. The Kier molecular flexibility index (Phi) is 6.83. The van der Waals surface area contributed by atoms with Crippen molar-refractivity contribution in [3.63, 3.8) is 0 Å². The number of hydrogen-bond donors (Lipinski definition) is 1. The van der Waals surface area contributed by atoms with Crippen LogP contribution in [0.2, 0.25) is 5.02 Å². The Morgan fingerprint density at radius 1 is 1.26 bits per heavy atom. The normalized spacial score (nSPS) is 13.0. The largest absolute Gasteiger partial charge is 0.417 e. The molecular formula is C17H21ClF3N5O. The molecule has 0 saturated carbocycles. The molecule has 0 aliphatic rings. The summed E-state index contributed by atoms with van der Waals surface area (Å²) in [6.45, 7) is 8.53. The van der Waals surface area contributed by atoms with Crippen molar-refractivity contribution >= 4 is 17.3 Å². The van der Waals surface area contributed by atoms with Crippen molar-refractivity contribution in [2.45, 2.75) is 33.0 Å². The van der Waals surface area contributed by atoms with E-state index in [0.717, 1.165) is 29.9 Å². The molecular weight excluding hydrogens is 383 g/mol. The van der Waals surface area contributed by atoms with E-state index in [1.54, 1.807) is 0 Å². The van der Waals surface area contributed by atoms with Crippen LogP contribution in [-0.2, 0) is 6.18 Å². The van der Waals surface area contributed by atoms with Gasteiger partial charge in [-0.1, -0.05) is 25.4 Å². The topological polar surface area (TPSA) is 63.1 Å². The highest BCUT2D eigenvalue weighted by Gasteiger charge is 2.30. The van der Waals surface area contributed by atoms with Gasteiger partial charge in [-0.3, -0.25) is 9.69 Å². The maximum Gasteiger partial charge on any atom is 0.417 e. The summed E-state index contributed by atoms with van der Waals surface area (Å²) in [5, 5.41) is 6.96. The average Bonchev–Trinajstić information content (AvgIpc) is 2.63. The molecule has 10 heteroatoms. The number of nitrogens with zero attached hydrogens (tertiary/aromatic N) is 4. The van der Waals surface area contributed by atoms with Crippen LogP contribution in [0, 0.1) is 0 Å². The number of aromatic nitrogens is 3. The zero-order valence-corrected chi connectivity index (χ0v) is 16.0. The van der Waals surface area contributed by atoms with E-state index in [1.807, 2.05) is 0 Å². The molecule has 27 heavy (non-hydrogen) atoms. The summed E-state index contributed by atoms with van der Waals surface area (Å²) in [5.74, 6) is -0.0436. The van der Waals surface area contributed by atoms with Gasteiger partial charge in [0.15, 0.2) is 5.82 Å². The van der Waals surface area contributed by atoms with E-state index in [-0.39, 0.29) is 16.9 Å². The molecule has 0 radical (unpaired) electrons. The molecule has 0 amide bonds. The maximum absolute atomic E-state index is 12.6. The summed E-state index contributed by atoms with van der Waals surface area (Å²) >= 11 is 6.13. The van der Waals surface area contributed by atoms with Gasteiger partial charge in [-0.05, 0) is 32.1 Å². The molecule has 6 nitrogen and oxygen atoms in total. The summed E-state index contributed by atoms with van der Waals surface area (Å²) < 4.78 is 38.7. The molecule has 1 N–H and O–H groups in total. The number of nitrogens with one attached hydrogen (secondary N) is 1. The third kappa shape index (κ3) is 4.98. The van der Waals surface area contributed by atoms with Crippen molar-refractivity contribution in [3.05, 3.63) is 45.5 Å². The molecule has 0 fully saturated rings. The summed E-state index contributed by atoms with van der Waals surface area (Å²) in [7, 11) is 0. The fourth-order valence-electron chi connectivity index (χ4n) is 2.63. The van der Waals surface area contributed by atoms with Crippen LogP contribution in [0.15, 0.2) is 29.3 Å². The standard InChI is InChI=1S/C17H21ClF3N5O/c1-4-25(5-2)11(3)8-22-13-10-24-26(16(27)15(13)18)14-7-6-12(9-23-14)17(19,20)21/h6-7,9-11,22H,4-5,8H2,1-3H3.